The van der Waals surface area contributed by atoms with Gasteiger partial charge in [-0.05, 0) is 30.8 Å². The second-order valence-corrected chi connectivity index (χ2v) is 8.39. The lowest BCUT2D eigenvalue weighted by Crippen LogP contribution is -2.59. The van der Waals surface area contributed by atoms with Gasteiger partial charge in [-0.15, -0.1) is 0 Å². The highest BCUT2D eigenvalue weighted by molar-refractivity contribution is 7.98. The normalized spacial score (nSPS) is 15.5. The summed E-state index contributed by atoms with van der Waals surface area (Å²) in [5.41, 5.74) is 11.0. The minimum absolute atomic E-state index is 0.195. The van der Waals surface area contributed by atoms with Crippen molar-refractivity contribution in [3.05, 3.63) is 0 Å². The number of carbonyl (C=O) groups excluding carboxylic acids is 4. The molecule has 4 amide bonds. The minimum atomic E-state index is -1.59. The molecule has 184 valence electrons. The van der Waals surface area contributed by atoms with Crippen LogP contribution in [0.25, 0.3) is 0 Å². The molecule has 0 fully saturated rings. The van der Waals surface area contributed by atoms with Crippen LogP contribution >= 0.6 is 11.8 Å². The predicted molar refractivity (Wildman–Crippen MR) is 119 cm³/mol. The van der Waals surface area contributed by atoms with Gasteiger partial charge >= 0.3 is 5.97 Å². The molecule has 0 aromatic rings. The number of aliphatic hydroxyl groups is 1. The Morgan fingerprint density at radius 1 is 0.969 bits per heavy atom. The van der Waals surface area contributed by atoms with Crippen molar-refractivity contribution >= 4 is 41.4 Å². The Balaban J connectivity index is 5.48. The lowest BCUT2D eigenvalue weighted by molar-refractivity contribution is -0.143. The summed E-state index contributed by atoms with van der Waals surface area (Å²) in [4.78, 5) is 60.1. The zero-order valence-corrected chi connectivity index (χ0v) is 19.4. The first-order chi connectivity index (χ1) is 15.0. The molecule has 5 unspecified atom stereocenters. The van der Waals surface area contributed by atoms with E-state index >= 15 is 0 Å². The number of hydrogen-bond acceptors (Lipinski definition) is 8. The number of aliphatic hydroxyl groups excluding tert-OH is 1. The number of nitrogens with one attached hydrogen (secondary N) is 3. The molecule has 0 bridgehead atoms. The number of hydrogen-bond donors (Lipinski definition) is 7. The number of rotatable bonds is 16. The third kappa shape index (κ3) is 10.8. The molecule has 0 saturated heterocycles. The van der Waals surface area contributed by atoms with Crippen molar-refractivity contribution in [1.29, 1.82) is 0 Å². The first kappa shape index (κ1) is 29.6. The Morgan fingerprint density at radius 3 is 2.03 bits per heavy atom. The zero-order chi connectivity index (χ0) is 24.8. The Labute approximate surface area is 191 Å². The van der Waals surface area contributed by atoms with E-state index in [1.807, 2.05) is 13.2 Å². The van der Waals surface area contributed by atoms with Gasteiger partial charge in [0.1, 0.15) is 18.1 Å². The summed E-state index contributed by atoms with van der Waals surface area (Å²) in [5, 5.41) is 25.3. The molecule has 0 saturated carbocycles. The van der Waals surface area contributed by atoms with Crippen LogP contribution in [0.3, 0.4) is 0 Å². The molecular formula is C19H35N5O7S. The van der Waals surface area contributed by atoms with Crippen LogP contribution in [0.4, 0.5) is 0 Å². The Kier molecular flexibility index (Phi) is 14.3. The van der Waals surface area contributed by atoms with Gasteiger partial charge in [-0.1, -0.05) is 20.3 Å². The summed E-state index contributed by atoms with van der Waals surface area (Å²) in [6, 6.07) is -4.71. The number of amides is 4. The number of carbonyl (C=O) groups is 5. The number of carboxylic acid groups (broad SMARTS) is 1. The quantitative estimate of drug-likeness (QED) is 0.129. The van der Waals surface area contributed by atoms with Crippen LogP contribution in [0.1, 0.15) is 39.5 Å². The average Bonchev–Trinajstić information content (AvgIpc) is 2.75. The maximum absolute atomic E-state index is 12.9. The molecule has 12 nitrogen and oxygen atoms in total. The van der Waals surface area contributed by atoms with Gasteiger partial charge in [0.15, 0.2) is 0 Å². The SMILES string of the molecule is CCC(C)C(NC(=O)C(N)CCSC)C(=O)NC(CCC(N)=O)C(=O)NC(CO)C(=O)O. The van der Waals surface area contributed by atoms with Crippen molar-refractivity contribution in [3.8, 4) is 0 Å². The largest absolute Gasteiger partial charge is 0.480 e. The molecule has 0 aromatic carbocycles. The maximum atomic E-state index is 12.9. The number of primary amides is 1. The van der Waals surface area contributed by atoms with Gasteiger partial charge in [0.05, 0.1) is 12.6 Å². The zero-order valence-electron chi connectivity index (χ0n) is 18.6. The number of nitrogens with two attached hydrogens (primary N) is 2. The Morgan fingerprint density at radius 2 is 1.56 bits per heavy atom. The summed E-state index contributed by atoms with van der Waals surface area (Å²) in [6.45, 7) is 2.69. The van der Waals surface area contributed by atoms with Crippen molar-refractivity contribution in [2.45, 2.75) is 63.7 Å². The Bertz CT molecular complexity index is 664. The fourth-order valence-electron chi connectivity index (χ4n) is 2.61. The van der Waals surface area contributed by atoms with Crippen molar-refractivity contribution < 1.29 is 34.2 Å². The average molecular weight is 478 g/mol. The summed E-state index contributed by atoms with van der Waals surface area (Å²) < 4.78 is 0. The highest BCUT2D eigenvalue weighted by Crippen LogP contribution is 2.10. The number of carboxylic acids is 1. The van der Waals surface area contributed by atoms with Crippen molar-refractivity contribution in [3.63, 3.8) is 0 Å². The highest BCUT2D eigenvalue weighted by Gasteiger charge is 2.32. The van der Waals surface area contributed by atoms with Gasteiger partial charge < -0.3 is 37.6 Å². The van der Waals surface area contributed by atoms with Crippen molar-refractivity contribution in [2.75, 3.05) is 18.6 Å². The van der Waals surface area contributed by atoms with Gasteiger partial charge in [0.25, 0.3) is 0 Å². The maximum Gasteiger partial charge on any atom is 0.328 e. The van der Waals surface area contributed by atoms with E-state index in [-0.39, 0.29) is 18.8 Å². The second-order valence-electron chi connectivity index (χ2n) is 7.41. The lowest BCUT2D eigenvalue weighted by Gasteiger charge is -2.27. The standard InChI is InChI=1S/C19H35N5O7S/c1-4-10(2)15(24-16(27)11(20)7-8-32-3)18(29)22-12(5-6-14(21)26)17(28)23-13(9-25)19(30)31/h10-13,15,25H,4-9,20H2,1-3H3,(H2,21,26)(H,22,29)(H,23,28)(H,24,27)(H,30,31). The molecule has 0 heterocycles. The minimum Gasteiger partial charge on any atom is -0.480 e. The molecule has 0 rings (SSSR count). The van der Waals surface area contributed by atoms with Gasteiger partial charge in [0.2, 0.25) is 23.6 Å². The molecule has 0 spiro atoms. The summed E-state index contributed by atoms with van der Waals surface area (Å²) in [7, 11) is 0. The van der Waals surface area contributed by atoms with E-state index in [9.17, 15) is 24.0 Å². The van der Waals surface area contributed by atoms with Gasteiger partial charge in [0, 0.05) is 6.42 Å². The van der Waals surface area contributed by atoms with E-state index in [1.165, 1.54) is 11.8 Å². The first-order valence-electron chi connectivity index (χ1n) is 10.3. The number of aliphatic carboxylic acids is 1. The second kappa shape index (κ2) is 15.4. The predicted octanol–water partition coefficient (Wildman–Crippen LogP) is -2.09. The summed E-state index contributed by atoms with van der Waals surface area (Å²) in [6.07, 6.45) is 2.38. The topological polar surface area (TPSA) is 214 Å². The molecule has 0 aliphatic carbocycles. The third-order valence-corrected chi connectivity index (χ3v) is 5.52. The fraction of sp³-hybridized carbons (Fsp3) is 0.737. The molecule has 0 aliphatic rings. The molecule has 0 radical (unpaired) electrons. The van der Waals surface area contributed by atoms with E-state index < -0.39 is 60.4 Å². The molecule has 9 N–H and O–H groups in total. The number of thioether (sulfide) groups is 1. The van der Waals surface area contributed by atoms with Crippen molar-refractivity contribution in [2.24, 2.45) is 17.4 Å². The van der Waals surface area contributed by atoms with E-state index in [4.69, 9.17) is 21.7 Å². The third-order valence-electron chi connectivity index (χ3n) is 4.87. The fourth-order valence-corrected chi connectivity index (χ4v) is 3.10. The summed E-state index contributed by atoms with van der Waals surface area (Å²) in [5.74, 6) is -3.94. The molecule has 32 heavy (non-hydrogen) atoms. The van der Waals surface area contributed by atoms with Gasteiger partial charge in [-0.2, -0.15) is 11.8 Å². The van der Waals surface area contributed by atoms with Crippen LogP contribution in [0, 0.1) is 5.92 Å². The smallest absolute Gasteiger partial charge is 0.328 e. The van der Waals surface area contributed by atoms with Crippen LogP contribution in [-0.2, 0) is 24.0 Å². The molecule has 5 atom stereocenters. The van der Waals surface area contributed by atoms with Crippen LogP contribution in [0.2, 0.25) is 0 Å². The lowest BCUT2D eigenvalue weighted by atomic mass is 9.97. The van der Waals surface area contributed by atoms with Crippen LogP contribution in [0.5, 0.6) is 0 Å². The van der Waals surface area contributed by atoms with E-state index in [2.05, 4.69) is 16.0 Å². The van der Waals surface area contributed by atoms with Gasteiger partial charge in [-0.25, -0.2) is 4.79 Å². The summed E-state index contributed by atoms with van der Waals surface area (Å²) >= 11 is 1.53. The van der Waals surface area contributed by atoms with Gasteiger partial charge in [-0.3, -0.25) is 19.2 Å². The monoisotopic (exact) mass is 477 g/mol. The van der Waals surface area contributed by atoms with E-state index in [1.54, 1.807) is 6.92 Å². The molecule has 0 aliphatic heterocycles. The van der Waals surface area contributed by atoms with Crippen LogP contribution < -0.4 is 27.4 Å². The highest BCUT2D eigenvalue weighted by atomic mass is 32.2. The van der Waals surface area contributed by atoms with Crippen LogP contribution in [0.15, 0.2) is 0 Å². The molecule has 0 aromatic heterocycles. The van der Waals surface area contributed by atoms with Crippen molar-refractivity contribution in [1.82, 2.24) is 16.0 Å². The first-order valence-corrected chi connectivity index (χ1v) is 11.6. The van der Waals surface area contributed by atoms with Crippen LogP contribution in [-0.4, -0.2) is 82.6 Å². The van der Waals surface area contributed by atoms with E-state index in [0.29, 0.717) is 18.6 Å². The Hall–Kier alpha value is -2.38. The molecule has 13 heteroatoms. The molecular weight excluding hydrogens is 442 g/mol. The van der Waals surface area contributed by atoms with E-state index in [0.717, 1.165) is 0 Å².